The number of nitrogens with zero attached hydrogens (tertiary/aromatic N) is 1. The molecule has 0 atom stereocenters. The molecule has 0 radical (unpaired) electrons. The predicted octanol–water partition coefficient (Wildman–Crippen LogP) is 7.17. The Hall–Kier alpha value is -3.85. The molecule has 5 rings (SSSR count). The molecule has 0 saturated carbocycles. The molecule has 4 aromatic carbocycles. The normalized spacial score (nSPS) is 11.4. The van der Waals surface area contributed by atoms with Crippen molar-refractivity contribution in [3.05, 3.63) is 119 Å². The van der Waals surface area contributed by atoms with Crippen molar-refractivity contribution in [2.75, 3.05) is 6.61 Å². The highest BCUT2D eigenvalue weighted by Crippen LogP contribution is 2.37. The molecule has 0 saturated heterocycles. The maximum absolute atomic E-state index is 13.0. The fourth-order valence-corrected chi connectivity index (χ4v) is 4.84. The summed E-state index contributed by atoms with van der Waals surface area (Å²) in [4.78, 5) is 13.0. The molecular formula is C30H27NO2. The van der Waals surface area contributed by atoms with Gasteiger partial charge in [0.05, 0.1) is 23.7 Å². The van der Waals surface area contributed by atoms with Crippen LogP contribution in [0.3, 0.4) is 0 Å². The van der Waals surface area contributed by atoms with Crippen LogP contribution in [0.25, 0.3) is 21.7 Å². The summed E-state index contributed by atoms with van der Waals surface area (Å²) in [5.41, 5.74) is 5.31. The molecule has 0 N–H and O–H groups in total. The molecule has 0 aliphatic heterocycles. The molecule has 33 heavy (non-hydrogen) atoms. The first-order valence-electron chi connectivity index (χ1n) is 11.6. The van der Waals surface area contributed by atoms with Gasteiger partial charge in [-0.15, -0.1) is 0 Å². The Labute approximate surface area is 194 Å². The second-order valence-electron chi connectivity index (χ2n) is 8.21. The minimum Gasteiger partial charge on any atom is -0.462 e. The van der Waals surface area contributed by atoms with Crippen molar-refractivity contribution in [3.63, 3.8) is 0 Å². The number of rotatable bonds is 6. The minimum atomic E-state index is -0.280. The van der Waals surface area contributed by atoms with E-state index in [1.54, 1.807) is 0 Å². The second-order valence-corrected chi connectivity index (χ2v) is 8.21. The standard InChI is InChI=1S/C30H27NO2/c1-3-23-19-26-24-17-11-12-18-25(24)27(30(32)33-4-2)20-28(26)31(23)29(21-13-7-5-8-14-21)22-15-9-6-10-16-22/h5-20,29H,3-4H2,1-2H3. The maximum atomic E-state index is 13.0. The van der Waals surface area contributed by atoms with Gasteiger partial charge in [0.15, 0.2) is 0 Å². The molecule has 0 bridgehead atoms. The van der Waals surface area contributed by atoms with Gasteiger partial charge in [-0.1, -0.05) is 91.9 Å². The van der Waals surface area contributed by atoms with Crippen molar-refractivity contribution in [3.8, 4) is 0 Å². The first-order chi connectivity index (χ1) is 16.2. The molecule has 0 aliphatic rings. The third-order valence-corrected chi connectivity index (χ3v) is 6.29. The van der Waals surface area contributed by atoms with Gasteiger partial charge in [-0.25, -0.2) is 4.79 Å². The zero-order valence-electron chi connectivity index (χ0n) is 19.0. The van der Waals surface area contributed by atoms with Crippen LogP contribution < -0.4 is 0 Å². The maximum Gasteiger partial charge on any atom is 0.338 e. The van der Waals surface area contributed by atoms with E-state index >= 15 is 0 Å². The van der Waals surface area contributed by atoms with E-state index in [1.807, 2.05) is 43.3 Å². The molecule has 0 aliphatic carbocycles. The van der Waals surface area contributed by atoms with Gasteiger partial charge in [-0.05, 0) is 47.4 Å². The zero-order valence-corrected chi connectivity index (χ0v) is 19.0. The molecule has 1 aromatic heterocycles. The largest absolute Gasteiger partial charge is 0.462 e. The molecule has 0 amide bonds. The van der Waals surface area contributed by atoms with Gasteiger partial charge < -0.3 is 9.30 Å². The van der Waals surface area contributed by atoms with Crippen LogP contribution in [0.1, 0.15) is 47.1 Å². The van der Waals surface area contributed by atoms with Crippen LogP contribution in [0.15, 0.2) is 97.1 Å². The van der Waals surface area contributed by atoms with Crippen molar-refractivity contribution in [2.45, 2.75) is 26.3 Å². The van der Waals surface area contributed by atoms with E-state index < -0.39 is 0 Å². The van der Waals surface area contributed by atoms with E-state index in [9.17, 15) is 4.79 Å². The Kier molecular flexibility index (Phi) is 5.70. The van der Waals surface area contributed by atoms with Gasteiger partial charge in [0.25, 0.3) is 0 Å². The average Bonchev–Trinajstić information content (AvgIpc) is 3.24. The Balaban J connectivity index is 1.88. The zero-order chi connectivity index (χ0) is 22.8. The lowest BCUT2D eigenvalue weighted by molar-refractivity contribution is 0.0529. The van der Waals surface area contributed by atoms with Crippen LogP contribution in [-0.2, 0) is 11.2 Å². The third-order valence-electron chi connectivity index (χ3n) is 6.29. The lowest BCUT2D eigenvalue weighted by atomic mass is 9.97. The van der Waals surface area contributed by atoms with Crippen LogP contribution in [0.2, 0.25) is 0 Å². The van der Waals surface area contributed by atoms with Gasteiger partial charge in [0.1, 0.15) is 0 Å². The van der Waals surface area contributed by atoms with Crippen LogP contribution >= 0.6 is 0 Å². The summed E-state index contributed by atoms with van der Waals surface area (Å²) < 4.78 is 7.84. The SMILES string of the molecule is CCOC(=O)c1cc2c(cc(CC)n2C(c2ccccc2)c2ccccc2)c2ccccc12. The monoisotopic (exact) mass is 433 g/mol. The molecular weight excluding hydrogens is 406 g/mol. The fourth-order valence-electron chi connectivity index (χ4n) is 4.84. The highest BCUT2D eigenvalue weighted by atomic mass is 16.5. The Morgan fingerprint density at radius 2 is 1.33 bits per heavy atom. The van der Waals surface area contributed by atoms with Crippen LogP contribution in [0.4, 0.5) is 0 Å². The quantitative estimate of drug-likeness (QED) is 0.266. The van der Waals surface area contributed by atoms with Crippen molar-refractivity contribution in [2.24, 2.45) is 0 Å². The van der Waals surface area contributed by atoms with E-state index in [-0.39, 0.29) is 12.0 Å². The molecule has 1 heterocycles. The lowest BCUT2D eigenvalue weighted by Crippen LogP contribution is -2.15. The fraction of sp³-hybridized carbons (Fsp3) is 0.167. The molecule has 5 aromatic rings. The van der Waals surface area contributed by atoms with Crippen molar-refractivity contribution in [1.29, 1.82) is 0 Å². The topological polar surface area (TPSA) is 31.2 Å². The number of aromatic nitrogens is 1. The summed E-state index contributed by atoms with van der Waals surface area (Å²) in [6.07, 6.45) is 0.883. The van der Waals surface area contributed by atoms with Crippen molar-refractivity contribution >= 4 is 27.6 Å². The molecule has 0 spiro atoms. The van der Waals surface area contributed by atoms with Crippen LogP contribution in [-0.4, -0.2) is 17.1 Å². The summed E-state index contributed by atoms with van der Waals surface area (Å²) in [7, 11) is 0. The van der Waals surface area contributed by atoms with E-state index in [4.69, 9.17) is 4.74 Å². The number of carbonyl (C=O) groups excluding carboxylic acids is 1. The molecule has 0 unspecified atom stereocenters. The Morgan fingerprint density at radius 3 is 1.91 bits per heavy atom. The van der Waals surface area contributed by atoms with Gasteiger partial charge in [0, 0.05) is 11.1 Å². The number of ether oxygens (including phenoxy) is 1. The van der Waals surface area contributed by atoms with E-state index in [1.165, 1.54) is 16.8 Å². The number of aryl methyl sites for hydroxylation is 1. The summed E-state index contributed by atoms with van der Waals surface area (Å²) in [6, 6.07) is 33.6. The van der Waals surface area contributed by atoms with E-state index in [0.717, 1.165) is 28.1 Å². The molecule has 3 heteroatoms. The smallest absolute Gasteiger partial charge is 0.338 e. The number of esters is 1. The third kappa shape index (κ3) is 3.70. The lowest BCUT2D eigenvalue weighted by Gasteiger charge is -2.24. The van der Waals surface area contributed by atoms with Crippen molar-refractivity contribution < 1.29 is 9.53 Å². The number of carbonyl (C=O) groups is 1. The molecule has 0 fully saturated rings. The van der Waals surface area contributed by atoms with Gasteiger partial charge >= 0.3 is 5.97 Å². The summed E-state index contributed by atoms with van der Waals surface area (Å²) in [5, 5.41) is 3.16. The first kappa shape index (κ1) is 21.0. The first-order valence-corrected chi connectivity index (χ1v) is 11.6. The summed E-state index contributed by atoms with van der Waals surface area (Å²) in [5.74, 6) is -0.280. The van der Waals surface area contributed by atoms with Crippen LogP contribution in [0.5, 0.6) is 0 Å². The number of hydrogen-bond donors (Lipinski definition) is 0. The van der Waals surface area contributed by atoms with E-state index in [0.29, 0.717) is 12.2 Å². The Morgan fingerprint density at radius 1 is 0.758 bits per heavy atom. The predicted molar refractivity (Wildman–Crippen MR) is 135 cm³/mol. The van der Waals surface area contributed by atoms with Crippen molar-refractivity contribution in [1.82, 2.24) is 4.57 Å². The van der Waals surface area contributed by atoms with Crippen LogP contribution in [0, 0.1) is 0 Å². The highest BCUT2D eigenvalue weighted by molar-refractivity contribution is 6.15. The van der Waals surface area contributed by atoms with Gasteiger partial charge in [-0.3, -0.25) is 0 Å². The molecule has 3 nitrogen and oxygen atoms in total. The second kappa shape index (κ2) is 8.95. The molecule has 164 valence electrons. The average molecular weight is 434 g/mol. The van der Waals surface area contributed by atoms with Gasteiger partial charge in [-0.2, -0.15) is 0 Å². The number of fused-ring (bicyclic) bond motifs is 3. The number of hydrogen-bond acceptors (Lipinski definition) is 2. The number of benzene rings is 4. The van der Waals surface area contributed by atoms with Gasteiger partial charge in [0.2, 0.25) is 0 Å². The van der Waals surface area contributed by atoms with E-state index in [2.05, 4.69) is 72.2 Å². The minimum absolute atomic E-state index is 0.00365. The highest BCUT2D eigenvalue weighted by Gasteiger charge is 2.24. The Bertz CT molecular complexity index is 1380. The summed E-state index contributed by atoms with van der Waals surface area (Å²) in [6.45, 7) is 4.38. The summed E-state index contributed by atoms with van der Waals surface area (Å²) >= 11 is 0.